The maximum Gasteiger partial charge on any atom is 0.0349 e. The molecular weight excluding hydrogens is 320 g/mol. The minimum absolute atomic E-state index is 1.04. The van der Waals surface area contributed by atoms with Crippen LogP contribution in [0.4, 0.5) is 0 Å². The summed E-state index contributed by atoms with van der Waals surface area (Å²) in [5.74, 6) is 0. The third kappa shape index (κ3) is 2.43. The van der Waals surface area contributed by atoms with Crippen molar-refractivity contribution in [2.24, 2.45) is 0 Å². The molecule has 1 heterocycles. The van der Waals surface area contributed by atoms with Crippen LogP contribution in [0.2, 0.25) is 0 Å². The molecule has 0 fully saturated rings. The molecule has 0 N–H and O–H groups in total. The number of fused-ring (bicyclic) bond motifs is 2. The van der Waals surface area contributed by atoms with E-state index in [2.05, 4.69) is 85.8 Å². The van der Waals surface area contributed by atoms with Gasteiger partial charge in [0.1, 0.15) is 0 Å². The zero-order valence-corrected chi connectivity index (χ0v) is 14.9. The monoisotopic (exact) mass is 338 g/mol. The number of aryl methyl sites for hydroxylation is 1. The molecule has 1 aliphatic carbocycles. The van der Waals surface area contributed by atoms with E-state index in [1.807, 2.05) is 11.3 Å². The molecule has 0 atom stereocenters. The average molecular weight is 338 g/mol. The number of hydrogen-bond donors (Lipinski definition) is 0. The van der Waals surface area contributed by atoms with E-state index in [-0.39, 0.29) is 0 Å². The van der Waals surface area contributed by atoms with Crippen LogP contribution < -0.4 is 0 Å². The van der Waals surface area contributed by atoms with Gasteiger partial charge in [-0.15, -0.1) is 11.3 Å². The third-order valence-corrected chi connectivity index (χ3v) is 6.30. The van der Waals surface area contributed by atoms with Gasteiger partial charge in [0.25, 0.3) is 0 Å². The Morgan fingerprint density at radius 1 is 0.840 bits per heavy atom. The van der Waals surface area contributed by atoms with E-state index in [0.29, 0.717) is 0 Å². The Bertz CT molecular complexity index is 1080. The molecule has 1 aliphatic rings. The van der Waals surface area contributed by atoms with Gasteiger partial charge in [-0.25, -0.2) is 0 Å². The predicted molar refractivity (Wildman–Crippen MR) is 110 cm³/mol. The molecule has 0 nitrogen and oxygen atoms in total. The molecule has 3 aromatic carbocycles. The van der Waals surface area contributed by atoms with Crippen LogP contribution in [0.3, 0.4) is 0 Å². The van der Waals surface area contributed by atoms with E-state index in [9.17, 15) is 0 Å². The minimum Gasteiger partial charge on any atom is -0.136 e. The summed E-state index contributed by atoms with van der Waals surface area (Å²) < 4.78 is 1.37. The van der Waals surface area contributed by atoms with Crippen molar-refractivity contribution in [3.63, 3.8) is 0 Å². The summed E-state index contributed by atoms with van der Waals surface area (Å²) in [7, 11) is 0. The van der Waals surface area contributed by atoms with Crippen molar-refractivity contribution < 1.29 is 0 Å². The molecule has 5 rings (SSSR count). The lowest BCUT2D eigenvalue weighted by Gasteiger charge is -2.10. The third-order valence-electron chi connectivity index (χ3n) is 5.10. The molecule has 25 heavy (non-hydrogen) atoms. The number of hydrogen-bond acceptors (Lipinski definition) is 1. The summed E-state index contributed by atoms with van der Waals surface area (Å²) in [6, 6.07) is 26.3. The van der Waals surface area contributed by atoms with Crippen molar-refractivity contribution in [1.29, 1.82) is 0 Å². The SMILES string of the molecule is Cc1ccc(-c2ccccc2)c2c1CC(c1cc3ccccc3s1)=C2. The van der Waals surface area contributed by atoms with Crippen LogP contribution in [0.1, 0.15) is 21.6 Å². The van der Waals surface area contributed by atoms with Crippen LogP contribution in [0.5, 0.6) is 0 Å². The standard InChI is InChI=1S/C24H18S/c1-16-11-12-20(17-7-3-2-4-8-17)22-14-19(13-21(16)22)24-15-18-9-5-6-10-23(18)25-24/h2-12,14-15H,13H2,1H3. The van der Waals surface area contributed by atoms with Crippen molar-refractivity contribution >= 4 is 33.1 Å². The molecule has 1 heteroatoms. The Morgan fingerprint density at radius 3 is 2.48 bits per heavy atom. The first-order chi connectivity index (χ1) is 12.3. The van der Waals surface area contributed by atoms with E-state index in [0.717, 1.165) is 6.42 Å². The Balaban J connectivity index is 1.65. The van der Waals surface area contributed by atoms with Crippen molar-refractivity contribution in [3.05, 3.63) is 94.4 Å². The molecule has 1 aromatic heterocycles. The van der Waals surface area contributed by atoms with Gasteiger partial charge >= 0.3 is 0 Å². The first-order valence-corrected chi connectivity index (χ1v) is 9.49. The lowest BCUT2D eigenvalue weighted by atomic mass is 9.94. The summed E-state index contributed by atoms with van der Waals surface area (Å²) in [6.45, 7) is 2.23. The Hall–Kier alpha value is -2.64. The molecule has 4 aromatic rings. The van der Waals surface area contributed by atoms with Gasteiger partial charge in [-0.2, -0.15) is 0 Å². The first kappa shape index (κ1) is 14.7. The predicted octanol–water partition coefficient (Wildman–Crippen LogP) is 6.97. The van der Waals surface area contributed by atoms with Crippen LogP contribution in [0.25, 0.3) is 32.9 Å². The Labute approximate surface area is 152 Å². The number of rotatable bonds is 2. The Kier molecular flexibility index (Phi) is 3.36. The van der Waals surface area contributed by atoms with Crippen LogP contribution in [0, 0.1) is 6.92 Å². The van der Waals surface area contributed by atoms with Gasteiger partial charge in [0, 0.05) is 9.58 Å². The molecule has 0 spiro atoms. The molecule has 0 radical (unpaired) electrons. The highest BCUT2D eigenvalue weighted by atomic mass is 32.1. The summed E-state index contributed by atoms with van der Waals surface area (Å²) >= 11 is 1.90. The molecule has 0 saturated carbocycles. The molecule has 0 amide bonds. The zero-order valence-electron chi connectivity index (χ0n) is 14.1. The molecule has 0 unspecified atom stereocenters. The number of allylic oxidation sites excluding steroid dienone is 1. The summed E-state index contributed by atoms with van der Waals surface area (Å²) in [5.41, 5.74) is 8.36. The highest BCUT2D eigenvalue weighted by molar-refractivity contribution is 7.20. The van der Waals surface area contributed by atoms with E-state index >= 15 is 0 Å². The van der Waals surface area contributed by atoms with Crippen LogP contribution in [0.15, 0.2) is 72.8 Å². The van der Waals surface area contributed by atoms with Gasteiger partial charge in [-0.3, -0.25) is 0 Å². The van der Waals surface area contributed by atoms with Crippen LogP contribution in [-0.4, -0.2) is 0 Å². The highest BCUT2D eigenvalue weighted by Crippen LogP contribution is 2.42. The van der Waals surface area contributed by atoms with Gasteiger partial charge in [0.15, 0.2) is 0 Å². The summed E-state index contributed by atoms with van der Waals surface area (Å²) in [4.78, 5) is 1.40. The first-order valence-electron chi connectivity index (χ1n) is 8.67. The van der Waals surface area contributed by atoms with Gasteiger partial charge < -0.3 is 0 Å². The second-order valence-corrected chi connectivity index (χ2v) is 7.77. The van der Waals surface area contributed by atoms with Gasteiger partial charge in [0.2, 0.25) is 0 Å². The van der Waals surface area contributed by atoms with E-state index in [1.54, 1.807) is 0 Å². The normalized spacial score (nSPS) is 13.1. The fourth-order valence-corrected chi connectivity index (χ4v) is 4.83. The molecule has 120 valence electrons. The molecule has 0 bridgehead atoms. The van der Waals surface area contributed by atoms with E-state index < -0.39 is 0 Å². The lowest BCUT2D eigenvalue weighted by Crippen LogP contribution is -1.91. The van der Waals surface area contributed by atoms with Crippen molar-refractivity contribution in [1.82, 2.24) is 0 Å². The summed E-state index contributed by atoms with van der Waals surface area (Å²) in [6.07, 6.45) is 3.45. The smallest absolute Gasteiger partial charge is 0.0349 e. The highest BCUT2D eigenvalue weighted by Gasteiger charge is 2.20. The lowest BCUT2D eigenvalue weighted by molar-refractivity contribution is 1.25. The maximum absolute atomic E-state index is 2.41. The van der Waals surface area contributed by atoms with Gasteiger partial charge in [0.05, 0.1) is 0 Å². The fraction of sp³-hybridized carbons (Fsp3) is 0.0833. The quantitative estimate of drug-likeness (QED) is 0.370. The van der Waals surface area contributed by atoms with Crippen LogP contribution in [-0.2, 0) is 6.42 Å². The van der Waals surface area contributed by atoms with E-state index in [1.165, 1.54) is 48.4 Å². The largest absolute Gasteiger partial charge is 0.136 e. The minimum atomic E-state index is 1.04. The molecule has 0 aliphatic heterocycles. The van der Waals surface area contributed by atoms with Crippen molar-refractivity contribution in [2.45, 2.75) is 13.3 Å². The van der Waals surface area contributed by atoms with Gasteiger partial charge in [-0.1, -0.05) is 60.7 Å². The topological polar surface area (TPSA) is 0 Å². The number of benzene rings is 3. The maximum atomic E-state index is 2.41. The zero-order chi connectivity index (χ0) is 16.8. The Morgan fingerprint density at radius 2 is 1.64 bits per heavy atom. The fourth-order valence-electron chi connectivity index (χ4n) is 3.76. The molecule has 0 saturated heterocycles. The molecular formula is C24H18S. The van der Waals surface area contributed by atoms with Gasteiger partial charge in [-0.05, 0) is 70.3 Å². The van der Waals surface area contributed by atoms with Crippen LogP contribution >= 0.6 is 11.3 Å². The average Bonchev–Trinajstić information content (AvgIpc) is 3.27. The van der Waals surface area contributed by atoms with Crippen molar-refractivity contribution in [3.8, 4) is 11.1 Å². The second kappa shape index (κ2) is 5.72. The number of thiophene rings is 1. The van der Waals surface area contributed by atoms with E-state index in [4.69, 9.17) is 0 Å². The second-order valence-electron chi connectivity index (χ2n) is 6.68. The van der Waals surface area contributed by atoms with Crippen molar-refractivity contribution in [2.75, 3.05) is 0 Å². The summed E-state index contributed by atoms with van der Waals surface area (Å²) in [5, 5.41) is 1.35.